The number of amides is 1. The zero-order chi connectivity index (χ0) is 26.3. The third-order valence-electron chi connectivity index (χ3n) is 6.12. The van der Waals surface area contributed by atoms with Gasteiger partial charge in [-0.3, -0.25) is 4.90 Å². The van der Waals surface area contributed by atoms with E-state index < -0.39 is 5.60 Å². The molecule has 0 spiro atoms. The Labute approximate surface area is 209 Å². The summed E-state index contributed by atoms with van der Waals surface area (Å²) in [5.74, 6) is 0. The summed E-state index contributed by atoms with van der Waals surface area (Å²) in [7, 11) is -0.349. The summed E-state index contributed by atoms with van der Waals surface area (Å²) in [4.78, 5) is 16.5. The third-order valence-corrected chi connectivity index (χ3v) is 6.12. The second-order valence-electron chi connectivity index (χ2n) is 10.6. The number of carbonyl (C=O) groups excluding carboxylic acids is 1. The van der Waals surface area contributed by atoms with Crippen molar-refractivity contribution in [3.05, 3.63) is 29.3 Å². The molecule has 2 aliphatic rings. The Hall–Kier alpha value is -1.57. The Morgan fingerprint density at radius 3 is 1.91 bits per heavy atom. The van der Waals surface area contributed by atoms with Gasteiger partial charge in [-0.1, -0.05) is 51.5 Å². The van der Waals surface area contributed by atoms with Crippen molar-refractivity contribution in [3.63, 3.8) is 0 Å². The largest absolute Gasteiger partial charge is 0.494 e. The highest BCUT2D eigenvalue weighted by Crippen LogP contribution is 2.36. The van der Waals surface area contributed by atoms with E-state index in [9.17, 15) is 4.79 Å². The van der Waals surface area contributed by atoms with E-state index >= 15 is 0 Å². The molecule has 0 saturated carbocycles. The number of carbonyl (C=O) groups is 1. The normalized spacial score (nSPS) is 19.5. The number of hydrogen-bond donors (Lipinski definition) is 0. The van der Waals surface area contributed by atoms with Gasteiger partial charge in [-0.15, -0.1) is 0 Å². The maximum absolute atomic E-state index is 12.3. The molecule has 0 aliphatic carbocycles. The first kappa shape index (κ1) is 30.5. The predicted molar refractivity (Wildman–Crippen MR) is 143 cm³/mol. The summed E-state index contributed by atoms with van der Waals surface area (Å²) in [5.41, 5.74) is 2.35. The zero-order valence-corrected chi connectivity index (χ0v) is 23.9. The van der Waals surface area contributed by atoms with Crippen LogP contribution in [0.15, 0.2) is 18.2 Å². The van der Waals surface area contributed by atoms with Crippen LogP contribution in [0.4, 0.5) is 4.79 Å². The average molecular weight is 477 g/mol. The molecule has 0 aromatic heterocycles. The van der Waals surface area contributed by atoms with Gasteiger partial charge in [0.15, 0.2) is 0 Å². The second-order valence-corrected chi connectivity index (χ2v) is 10.6. The molecule has 34 heavy (non-hydrogen) atoms. The number of nitrogens with zero attached hydrogens (tertiary/aromatic N) is 2. The number of hydrogen-bond acceptors (Lipinski definition) is 5. The minimum atomic E-state index is -0.459. The Balaban J connectivity index is 0.00000137. The molecule has 194 valence electrons. The van der Waals surface area contributed by atoms with Crippen LogP contribution in [0, 0.1) is 6.92 Å². The topological polar surface area (TPSA) is 51.2 Å². The van der Waals surface area contributed by atoms with E-state index in [0.717, 1.165) is 25.1 Å². The first-order valence-corrected chi connectivity index (χ1v) is 12.9. The van der Waals surface area contributed by atoms with Crippen molar-refractivity contribution < 1.29 is 18.8 Å². The van der Waals surface area contributed by atoms with Gasteiger partial charge in [0.05, 0.1) is 11.2 Å². The highest BCUT2D eigenvalue weighted by Gasteiger charge is 2.51. The molecule has 0 bridgehead atoms. The Morgan fingerprint density at radius 2 is 1.44 bits per heavy atom. The fraction of sp³-hybridized carbons (Fsp3) is 0.741. The van der Waals surface area contributed by atoms with Crippen LogP contribution in [0.5, 0.6) is 0 Å². The number of benzene rings is 1. The van der Waals surface area contributed by atoms with Crippen LogP contribution in [-0.4, -0.2) is 66.0 Å². The highest BCUT2D eigenvalue weighted by atomic mass is 16.7. The quantitative estimate of drug-likeness (QED) is 0.547. The number of rotatable bonds is 3. The molecule has 1 aromatic carbocycles. The molecule has 0 radical (unpaired) electrons. The van der Waals surface area contributed by atoms with Crippen LogP contribution in [0.2, 0.25) is 0 Å². The lowest BCUT2D eigenvalue weighted by Crippen LogP contribution is -2.49. The van der Waals surface area contributed by atoms with Gasteiger partial charge in [0.2, 0.25) is 0 Å². The van der Waals surface area contributed by atoms with Crippen molar-refractivity contribution in [3.8, 4) is 0 Å². The average Bonchev–Trinajstić information content (AvgIpc) is 2.97. The molecule has 2 aliphatic heterocycles. The van der Waals surface area contributed by atoms with Gasteiger partial charge in [0.25, 0.3) is 0 Å². The molecule has 3 rings (SSSR count). The molecule has 2 fully saturated rings. The summed E-state index contributed by atoms with van der Waals surface area (Å²) in [5, 5.41) is 0. The molecule has 2 saturated heterocycles. The van der Waals surface area contributed by atoms with Crippen molar-refractivity contribution in [2.45, 2.75) is 106 Å². The van der Waals surface area contributed by atoms with Crippen LogP contribution in [0.1, 0.15) is 87.3 Å². The van der Waals surface area contributed by atoms with E-state index in [0.29, 0.717) is 13.1 Å². The van der Waals surface area contributed by atoms with Gasteiger partial charge in [0, 0.05) is 32.7 Å². The number of ether oxygens (including phenoxy) is 1. The van der Waals surface area contributed by atoms with Crippen molar-refractivity contribution in [1.82, 2.24) is 9.80 Å². The molecule has 7 heteroatoms. The summed E-state index contributed by atoms with van der Waals surface area (Å²) in [6.07, 6.45) is -0.222. The van der Waals surface area contributed by atoms with E-state index in [2.05, 4.69) is 57.7 Å². The number of piperazine rings is 1. The van der Waals surface area contributed by atoms with Crippen molar-refractivity contribution in [2.24, 2.45) is 0 Å². The van der Waals surface area contributed by atoms with E-state index in [1.807, 2.05) is 48.5 Å². The molecule has 0 atom stereocenters. The summed E-state index contributed by atoms with van der Waals surface area (Å²) >= 11 is 0. The predicted octanol–water partition coefficient (Wildman–Crippen LogP) is 5.40. The fourth-order valence-corrected chi connectivity index (χ4v) is 3.77. The maximum atomic E-state index is 12.3. The molecule has 6 nitrogen and oxygen atoms in total. The van der Waals surface area contributed by atoms with Gasteiger partial charge in [-0.05, 0) is 66.4 Å². The second kappa shape index (κ2) is 12.4. The van der Waals surface area contributed by atoms with Gasteiger partial charge in [0.1, 0.15) is 5.60 Å². The Bertz CT molecular complexity index is 765. The summed E-state index contributed by atoms with van der Waals surface area (Å²) < 4.78 is 18.0. The lowest BCUT2D eigenvalue weighted by Gasteiger charge is -2.35. The summed E-state index contributed by atoms with van der Waals surface area (Å²) in [6.45, 7) is 28.0. The van der Waals surface area contributed by atoms with Crippen molar-refractivity contribution >= 4 is 18.7 Å². The van der Waals surface area contributed by atoms with Crippen molar-refractivity contribution in [2.75, 3.05) is 26.2 Å². The maximum Gasteiger partial charge on any atom is 0.494 e. The summed E-state index contributed by atoms with van der Waals surface area (Å²) in [6, 6.07) is 6.55. The van der Waals surface area contributed by atoms with Crippen LogP contribution in [0.3, 0.4) is 0 Å². The lowest BCUT2D eigenvalue weighted by molar-refractivity contribution is 0.00578. The minimum absolute atomic E-state index is 0.222. The standard InChI is InChI=1S/C23H37BN2O4.2C2H6/c1-17-13-18(15-19(14-17)24-29-22(5,6)23(7,8)30-24)16-25-9-11-26(12-10-25)20(27)28-21(2,3)4;2*1-2/h13-15H,9-12,16H2,1-8H3;2*1-2H3. The third kappa shape index (κ3) is 8.28. The molecule has 1 aromatic rings. The van der Waals surface area contributed by atoms with Crippen LogP contribution in [-0.2, 0) is 20.6 Å². The molecule has 0 N–H and O–H groups in total. The first-order valence-electron chi connectivity index (χ1n) is 12.9. The molecule has 0 unspecified atom stereocenters. The molecular weight excluding hydrogens is 427 g/mol. The van der Waals surface area contributed by atoms with E-state index in [1.54, 1.807) is 4.90 Å². The highest BCUT2D eigenvalue weighted by molar-refractivity contribution is 6.62. The molecular formula is C27H49BN2O4. The van der Waals surface area contributed by atoms with E-state index in [4.69, 9.17) is 14.0 Å². The van der Waals surface area contributed by atoms with Gasteiger partial charge in [-0.25, -0.2) is 4.79 Å². The smallest absolute Gasteiger partial charge is 0.444 e. The first-order chi connectivity index (χ1) is 15.8. The Morgan fingerprint density at radius 1 is 0.941 bits per heavy atom. The monoisotopic (exact) mass is 476 g/mol. The zero-order valence-electron chi connectivity index (χ0n) is 23.9. The SMILES string of the molecule is CC.CC.Cc1cc(CN2CCN(C(=O)OC(C)(C)C)CC2)cc(B2OC(C)(C)C(C)(C)O2)c1. The lowest BCUT2D eigenvalue weighted by atomic mass is 9.77. The van der Waals surface area contributed by atoms with Crippen molar-refractivity contribution in [1.29, 1.82) is 0 Å². The van der Waals surface area contributed by atoms with Crippen LogP contribution < -0.4 is 5.46 Å². The van der Waals surface area contributed by atoms with Gasteiger partial charge < -0.3 is 18.9 Å². The van der Waals surface area contributed by atoms with E-state index in [-0.39, 0.29) is 24.4 Å². The molecule has 1 amide bonds. The van der Waals surface area contributed by atoms with Crippen LogP contribution >= 0.6 is 0 Å². The Kier molecular flexibility index (Phi) is 11.1. The number of aryl methyl sites for hydroxylation is 1. The minimum Gasteiger partial charge on any atom is -0.444 e. The van der Waals surface area contributed by atoms with Crippen LogP contribution in [0.25, 0.3) is 0 Å². The van der Waals surface area contributed by atoms with Gasteiger partial charge in [-0.2, -0.15) is 0 Å². The van der Waals surface area contributed by atoms with E-state index in [1.165, 1.54) is 11.1 Å². The van der Waals surface area contributed by atoms with Gasteiger partial charge >= 0.3 is 13.2 Å². The fourth-order valence-electron chi connectivity index (χ4n) is 3.77. The molecule has 2 heterocycles.